The summed E-state index contributed by atoms with van der Waals surface area (Å²) in [6.07, 6.45) is 1.54. The van der Waals surface area contributed by atoms with Gasteiger partial charge in [0.25, 0.3) is 0 Å². The number of hydrogen-bond donors (Lipinski definition) is 1. The van der Waals surface area contributed by atoms with E-state index in [1.807, 2.05) is 30.0 Å². The minimum absolute atomic E-state index is 0.0617. The average molecular weight is 261 g/mol. The van der Waals surface area contributed by atoms with Crippen molar-refractivity contribution in [1.82, 2.24) is 4.90 Å². The zero-order valence-corrected chi connectivity index (χ0v) is 11.1. The summed E-state index contributed by atoms with van der Waals surface area (Å²) >= 11 is 0. The molecule has 19 heavy (non-hydrogen) atoms. The molecule has 0 bridgehead atoms. The first kappa shape index (κ1) is 13.7. The molecule has 1 saturated heterocycles. The van der Waals surface area contributed by atoms with Gasteiger partial charge in [-0.25, -0.2) is 0 Å². The van der Waals surface area contributed by atoms with Crippen molar-refractivity contribution < 1.29 is 14.7 Å². The van der Waals surface area contributed by atoms with Crippen molar-refractivity contribution in [3.05, 3.63) is 35.9 Å². The zero-order valence-electron chi connectivity index (χ0n) is 11.1. The van der Waals surface area contributed by atoms with Gasteiger partial charge in [-0.15, -0.1) is 0 Å². The number of carboxylic acid groups (broad SMARTS) is 1. The fraction of sp³-hybridized carbons (Fsp3) is 0.467. The molecule has 4 heteroatoms. The lowest BCUT2D eigenvalue weighted by atomic mass is 9.95. The Kier molecular flexibility index (Phi) is 4.32. The first-order valence-electron chi connectivity index (χ1n) is 6.65. The highest BCUT2D eigenvalue weighted by atomic mass is 16.4. The van der Waals surface area contributed by atoms with E-state index in [2.05, 4.69) is 0 Å². The third-order valence-corrected chi connectivity index (χ3v) is 3.79. The van der Waals surface area contributed by atoms with Gasteiger partial charge < -0.3 is 5.11 Å². The fourth-order valence-corrected chi connectivity index (χ4v) is 2.57. The number of carbonyl (C=O) groups is 2. The third-order valence-electron chi connectivity index (χ3n) is 3.79. The van der Waals surface area contributed by atoms with Crippen molar-refractivity contribution in [3.8, 4) is 0 Å². The monoisotopic (exact) mass is 261 g/mol. The van der Waals surface area contributed by atoms with Gasteiger partial charge in [0, 0.05) is 12.1 Å². The van der Waals surface area contributed by atoms with E-state index in [0.29, 0.717) is 18.5 Å². The summed E-state index contributed by atoms with van der Waals surface area (Å²) in [5, 5.41) is 9.08. The highest BCUT2D eigenvalue weighted by Crippen LogP contribution is 2.20. The van der Waals surface area contributed by atoms with Crippen LogP contribution in [-0.2, 0) is 4.79 Å². The Bertz CT molecular complexity index is 458. The summed E-state index contributed by atoms with van der Waals surface area (Å²) in [6.45, 7) is 3.12. The SMILES string of the molecule is CC(C(=O)c1ccccc1)N1CCCC(C(=O)O)C1. The Balaban J connectivity index is 2.05. The zero-order chi connectivity index (χ0) is 13.8. The minimum atomic E-state index is -0.760. The Labute approximate surface area is 113 Å². The quantitative estimate of drug-likeness (QED) is 0.843. The van der Waals surface area contributed by atoms with E-state index in [1.54, 1.807) is 12.1 Å². The normalized spacial score (nSPS) is 21.8. The molecule has 2 rings (SSSR count). The van der Waals surface area contributed by atoms with E-state index in [-0.39, 0.29) is 17.7 Å². The molecule has 1 aromatic rings. The van der Waals surface area contributed by atoms with Gasteiger partial charge in [0.1, 0.15) is 0 Å². The number of carbonyl (C=O) groups excluding carboxylic acids is 1. The summed E-state index contributed by atoms with van der Waals surface area (Å²) in [5.74, 6) is -1.05. The van der Waals surface area contributed by atoms with Crippen molar-refractivity contribution in [2.24, 2.45) is 5.92 Å². The summed E-state index contributed by atoms with van der Waals surface area (Å²) in [4.78, 5) is 25.4. The molecule has 0 amide bonds. The standard InChI is InChI=1S/C15H19NO3/c1-11(14(17)12-6-3-2-4-7-12)16-9-5-8-13(10-16)15(18)19/h2-4,6-7,11,13H,5,8-10H2,1H3,(H,18,19). The third kappa shape index (κ3) is 3.20. The number of piperidine rings is 1. The number of rotatable bonds is 4. The van der Waals surface area contributed by atoms with E-state index in [0.717, 1.165) is 13.0 Å². The first-order chi connectivity index (χ1) is 9.09. The molecule has 1 aliphatic rings. The molecule has 102 valence electrons. The van der Waals surface area contributed by atoms with E-state index in [1.165, 1.54) is 0 Å². The van der Waals surface area contributed by atoms with Crippen LogP contribution in [0.1, 0.15) is 30.1 Å². The maximum absolute atomic E-state index is 12.3. The van der Waals surface area contributed by atoms with Gasteiger partial charge in [0.05, 0.1) is 12.0 Å². The number of likely N-dealkylation sites (tertiary alicyclic amines) is 1. The molecule has 4 nitrogen and oxygen atoms in total. The molecule has 0 saturated carbocycles. The highest BCUT2D eigenvalue weighted by Gasteiger charge is 2.30. The largest absolute Gasteiger partial charge is 0.481 e. The average Bonchev–Trinajstić information content (AvgIpc) is 2.46. The molecule has 0 radical (unpaired) electrons. The Hall–Kier alpha value is -1.68. The maximum atomic E-state index is 12.3. The second-order valence-electron chi connectivity index (χ2n) is 5.08. The molecule has 0 aliphatic carbocycles. The lowest BCUT2D eigenvalue weighted by Gasteiger charge is -2.34. The smallest absolute Gasteiger partial charge is 0.307 e. The van der Waals surface area contributed by atoms with Gasteiger partial charge in [0.15, 0.2) is 5.78 Å². The number of benzene rings is 1. The molecule has 1 aliphatic heterocycles. The molecule has 1 aromatic carbocycles. The van der Waals surface area contributed by atoms with Crippen LogP contribution >= 0.6 is 0 Å². The minimum Gasteiger partial charge on any atom is -0.481 e. The molecule has 1 heterocycles. The number of carboxylic acids is 1. The van der Waals surface area contributed by atoms with Crippen LogP contribution in [0.3, 0.4) is 0 Å². The molecular weight excluding hydrogens is 242 g/mol. The van der Waals surface area contributed by atoms with Gasteiger partial charge in [-0.05, 0) is 26.3 Å². The van der Waals surface area contributed by atoms with Gasteiger partial charge in [-0.1, -0.05) is 30.3 Å². The number of aliphatic carboxylic acids is 1. The van der Waals surface area contributed by atoms with E-state index in [9.17, 15) is 9.59 Å². The summed E-state index contributed by atoms with van der Waals surface area (Å²) in [5.41, 5.74) is 0.687. The van der Waals surface area contributed by atoms with Gasteiger partial charge in [-0.3, -0.25) is 14.5 Å². The summed E-state index contributed by atoms with van der Waals surface area (Å²) < 4.78 is 0. The van der Waals surface area contributed by atoms with Gasteiger partial charge in [0.2, 0.25) is 0 Å². The van der Waals surface area contributed by atoms with Crippen molar-refractivity contribution in [2.45, 2.75) is 25.8 Å². The first-order valence-corrected chi connectivity index (χ1v) is 6.65. The topological polar surface area (TPSA) is 57.6 Å². The van der Waals surface area contributed by atoms with Crippen LogP contribution < -0.4 is 0 Å². The molecule has 1 N–H and O–H groups in total. The lowest BCUT2D eigenvalue weighted by Crippen LogP contribution is -2.46. The van der Waals surface area contributed by atoms with E-state index < -0.39 is 5.97 Å². The van der Waals surface area contributed by atoms with Crippen LogP contribution in [-0.4, -0.2) is 40.9 Å². The van der Waals surface area contributed by atoms with Crippen LogP contribution in [0.5, 0.6) is 0 Å². The predicted molar refractivity (Wildman–Crippen MR) is 72.2 cm³/mol. The van der Waals surface area contributed by atoms with Gasteiger partial charge in [-0.2, -0.15) is 0 Å². The van der Waals surface area contributed by atoms with Crippen LogP contribution in [0.4, 0.5) is 0 Å². The number of ketones is 1. The molecule has 2 atom stereocenters. The molecule has 1 fully saturated rings. The van der Waals surface area contributed by atoms with Crippen LogP contribution in [0.15, 0.2) is 30.3 Å². The maximum Gasteiger partial charge on any atom is 0.307 e. The molecule has 0 spiro atoms. The fourth-order valence-electron chi connectivity index (χ4n) is 2.57. The van der Waals surface area contributed by atoms with Crippen molar-refractivity contribution in [3.63, 3.8) is 0 Å². The second kappa shape index (κ2) is 5.97. The Morgan fingerprint density at radius 3 is 2.63 bits per heavy atom. The number of hydrogen-bond acceptors (Lipinski definition) is 3. The molecular formula is C15H19NO3. The second-order valence-corrected chi connectivity index (χ2v) is 5.08. The van der Waals surface area contributed by atoms with Crippen LogP contribution in [0, 0.1) is 5.92 Å². The Morgan fingerprint density at radius 1 is 1.32 bits per heavy atom. The van der Waals surface area contributed by atoms with Crippen LogP contribution in [0.25, 0.3) is 0 Å². The van der Waals surface area contributed by atoms with Gasteiger partial charge >= 0.3 is 5.97 Å². The summed E-state index contributed by atoms with van der Waals surface area (Å²) in [7, 11) is 0. The van der Waals surface area contributed by atoms with E-state index >= 15 is 0 Å². The predicted octanol–water partition coefficient (Wildman–Crippen LogP) is 2.05. The highest BCUT2D eigenvalue weighted by molar-refractivity contribution is 5.99. The number of nitrogens with zero attached hydrogens (tertiary/aromatic N) is 1. The van der Waals surface area contributed by atoms with Crippen molar-refractivity contribution in [2.75, 3.05) is 13.1 Å². The number of Topliss-reactive ketones (excluding diaryl/α,β-unsaturated/α-hetero) is 1. The van der Waals surface area contributed by atoms with Crippen LogP contribution in [0.2, 0.25) is 0 Å². The Morgan fingerprint density at radius 2 is 2.00 bits per heavy atom. The molecule has 0 aromatic heterocycles. The summed E-state index contributed by atoms with van der Waals surface area (Å²) in [6, 6.07) is 8.91. The van der Waals surface area contributed by atoms with E-state index in [4.69, 9.17) is 5.11 Å². The van der Waals surface area contributed by atoms with Crippen molar-refractivity contribution >= 4 is 11.8 Å². The van der Waals surface area contributed by atoms with Crippen molar-refractivity contribution in [1.29, 1.82) is 0 Å². The molecule has 2 unspecified atom stereocenters. The lowest BCUT2D eigenvalue weighted by molar-refractivity contribution is -0.143.